The van der Waals surface area contributed by atoms with Gasteiger partial charge in [0, 0.05) is 59.1 Å². The van der Waals surface area contributed by atoms with Gasteiger partial charge >= 0.3 is 6.09 Å². The van der Waals surface area contributed by atoms with Crippen LogP contribution in [0.4, 0.5) is 27.8 Å². The van der Waals surface area contributed by atoms with Gasteiger partial charge in [-0.2, -0.15) is 0 Å². The van der Waals surface area contributed by atoms with Crippen molar-refractivity contribution in [3.63, 3.8) is 0 Å². The molecule has 7 rings (SSSR count). The predicted molar refractivity (Wildman–Crippen MR) is 169 cm³/mol. The number of nitrogens with zero attached hydrogens (tertiary/aromatic N) is 3. The van der Waals surface area contributed by atoms with Crippen LogP contribution in [0.2, 0.25) is 0 Å². The van der Waals surface area contributed by atoms with E-state index in [1.54, 1.807) is 24.3 Å². The fourth-order valence-corrected chi connectivity index (χ4v) is 6.01. The van der Waals surface area contributed by atoms with Gasteiger partial charge in [0.25, 0.3) is 5.91 Å². The largest absolute Gasteiger partial charge is 0.456 e. The Hall–Kier alpha value is -5.57. The summed E-state index contributed by atoms with van der Waals surface area (Å²) in [6.45, 7) is 5.48. The van der Waals surface area contributed by atoms with Crippen LogP contribution >= 0.6 is 0 Å². The zero-order valence-electron chi connectivity index (χ0n) is 24.8. The first kappa shape index (κ1) is 27.3. The number of fused-ring (bicyclic) bond motifs is 6. The number of hydrogen-bond acceptors (Lipinski definition) is 6. The lowest BCUT2D eigenvalue weighted by Gasteiger charge is -2.43. The van der Waals surface area contributed by atoms with Gasteiger partial charge in [-0.1, -0.05) is 42.5 Å². The van der Waals surface area contributed by atoms with Crippen LogP contribution in [0, 0.1) is 0 Å². The van der Waals surface area contributed by atoms with E-state index in [1.165, 1.54) is 4.90 Å². The fourth-order valence-electron chi connectivity index (χ4n) is 6.01. The summed E-state index contributed by atoms with van der Waals surface area (Å²) in [5.41, 5.74) is 3.44. The summed E-state index contributed by atoms with van der Waals surface area (Å²) in [6.07, 6.45) is 2.85. The van der Waals surface area contributed by atoms with Gasteiger partial charge in [0.1, 0.15) is 22.6 Å². The maximum Gasteiger partial charge on any atom is 0.414 e. The van der Waals surface area contributed by atoms with E-state index in [0.29, 0.717) is 28.7 Å². The highest BCUT2D eigenvalue weighted by Crippen LogP contribution is 2.58. The molecule has 0 aliphatic carbocycles. The van der Waals surface area contributed by atoms with Crippen molar-refractivity contribution < 1.29 is 19.1 Å². The number of imidazole rings is 1. The van der Waals surface area contributed by atoms with E-state index in [-0.39, 0.29) is 5.91 Å². The monoisotopic (exact) mass is 585 g/mol. The molecule has 0 saturated carbocycles. The van der Waals surface area contributed by atoms with Gasteiger partial charge in [0.05, 0.1) is 5.69 Å². The number of aromatic nitrogens is 2. The van der Waals surface area contributed by atoms with Crippen molar-refractivity contribution in [1.29, 1.82) is 0 Å². The minimum Gasteiger partial charge on any atom is -0.456 e. The zero-order chi connectivity index (χ0) is 30.6. The Morgan fingerprint density at radius 3 is 2.43 bits per heavy atom. The second kappa shape index (κ2) is 10.0. The van der Waals surface area contributed by atoms with Crippen LogP contribution in [-0.2, 0) is 10.3 Å². The van der Waals surface area contributed by atoms with E-state index in [4.69, 9.17) is 9.47 Å². The standard InChI is InChI=1S/C35H31N5O4/c1-34(2,3)44-33(42)39(4)24-15-16-27-30(21-24)43-29-17-14-23(38-22-10-6-5-7-11-22)20-28(29)35(27)26-13-9-8-12-25(26)31(41)40(35)32-36-18-19-37-32/h5-21,38H,1-4H3,(H,36,37). The average molecular weight is 586 g/mol. The third-order valence-corrected chi connectivity index (χ3v) is 7.84. The number of benzene rings is 4. The van der Waals surface area contributed by atoms with E-state index in [9.17, 15) is 9.59 Å². The van der Waals surface area contributed by atoms with Gasteiger partial charge < -0.3 is 19.8 Å². The van der Waals surface area contributed by atoms with Gasteiger partial charge in [0.2, 0.25) is 5.95 Å². The van der Waals surface area contributed by atoms with Crippen LogP contribution < -0.4 is 19.9 Å². The zero-order valence-corrected chi connectivity index (χ0v) is 24.8. The third-order valence-electron chi connectivity index (χ3n) is 7.84. The quantitative estimate of drug-likeness (QED) is 0.226. The Kier molecular flexibility index (Phi) is 6.21. The molecular formula is C35H31N5O4. The molecular weight excluding hydrogens is 554 g/mol. The number of rotatable bonds is 4. The van der Waals surface area contributed by atoms with Crippen molar-refractivity contribution in [3.05, 3.63) is 126 Å². The van der Waals surface area contributed by atoms with Gasteiger partial charge in [-0.25, -0.2) is 9.78 Å². The Labute approximate surface area is 255 Å². The first-order chi connectivity index (χ1) is 21.2. The number of ether oxygens (including phenoxy) is 2. The third kappa shape index (κ3) is 4.27. The minimum atomic E-state index is -1.13. The maximum atomic E-state index is 14.3. The Morgan fingerprint density at radius 2 is 1.68 bits per heavy atom. The lowest BCUT2D eigenvalue weighted by molar-refractivity contribution is 0.0589. The highest BCUT2D eigenvalue weighted by atomic mass is 16.6. The number of amides is 2. The molecule has 9 heteroatoms. The summed E-state index contributed by atoms with van der Waals surface area (Å²) in [5.74, 6) is 1.30. The number of anilines is 4. The van der Waals surface area contributed by atoms with Crippen LogP contribution in [0.5, 0.6) is 11.5 Å². The smallest absolute Gasteiger partial charge is 0.414 e. The van der Waals surface area contributed by atoms with Crippen molar-refractivity contribution in [1.82, 2.24) is 9.97 Å². The molecule has 3 heterocycles. The molecule has 0 bridgehead atoms. The van der Waals surface area contributed by atoms with Gasteiger partial charge in [-0.15, -0.1) is 0 Å². The first-order valence-electron chi connectivity index (χ1n) is 14.4. The molecule has 0 radical (unpaired) electrons. The maximum absolute atomic E-state index is 14.3. The molecule has 9 nitrogen and oxygen atoms in total. The molecule has 1 atom stereocenters. The number of nitrogens with one attached hydrogen (secondary N) is 2. The topological polar surface area (TPSA) is 99.8 Å². The van der Waals surface area contributed by atoms with Crippen molar-refractivity contribution >= 4 is 35.0 Å². The molecule has 220 valence electrons. The van der Waals surface area contributed by atoms with Gasteiger partial charge in [-0.05, 0) is 63.2 Å². The van der Waals surface area contributed by atoms with E-state index in [2.05, 4.69) is 15.3 Å². The second-order valence-corrected chi connectivity index (χ2v) is 11.8. The molecule has 1 spiro atoms. The van der Waals surface area contributed by atoms with Crippen LogP contribution in [0.15, 0.2) is 103 Å². The SMILES string of the molecule is CN(C(=O)OC(C)(C)C)c1ccc2c(c1)Oc1ccc(Nc3ccccc3)cc1C21c2ccccc2C(=O)N1c1ncc[nH]1. The molecule has 2 N–H and O–H groups in total. The second-order valence-electron chi connectivity index (χ2n) is 11.8. The van der Waals surface area contributed by atoms with Crippen LogP contribution in [-0.4, -0.2) is 34.6 Å². The number of H-pyrrole nitrogens is 1. The number of hydrogen-bond donors (Lipinski definition) is 2. The highest BCUT2D eigenvalue weighted by molar-refractivity contribution is 6.13. The highest BCUT2D eigenvalue weighted by Gasteiger charge is 2.58. The van der Waals surface area contributed by atoms with Gasteiger partial charge in [-0.3, -0.25) is 14.6 Å². The number of para-hydroxylation sites is 1. The fraction of sp³-hybridized carbons (Fsp3) is 0.171. The lowest BCUT2D eigenvalue weighted by atomic mass is 9.74. The van der Waals surface area contributed by atoms with Crippen LogP contribution in [0.1, 0.15) is 47.8 Å². The Balaban J connectivity index is 1.46. The van der Waals surface area contributed by atoms with E-state index < -0.39 is 17.2 Å². The minimum absolute atomic E-state index is 0.189. The van der Waals surface area contributed by atoms with Crippen LogP contribution in [0.3, 0.4) is 0 Å². The van der Waals surface area contributed by atoms with Crippen molar-refractivity contribution in [2.24, 2.45) is 0 Å². The van der Waals surface area contributed by atoms with Crippen molar-refractivity contribution in [2.75, 3.05) is 22.2 Å². The summed E-state index contributed by atoms with van der Waals surface area (Å²) < 4.78 is 12.2. The number of carbonyl (C=O) groups excluding carboxylic acids is 2. The molecule has 4 aromatic carbocycles. The van der Waals surface area contributed by atoms with Crippen molar-refractivity contribution in [2.45, 2.75) is 31.9 Å². The number of aromatic amines is 1. The summed E-state index contributed by atoms with van der Waals surface area (Å²) in [7, 11) is 1.66. The first-order valence-corrected chi connectivity index (χ1v) is 14.4. The van der Waals surface area contributed by atoms with E-state index in [0.717, 1.165) is 28.1 Å². The lowest BCUT2D eigenvalue weighted by Crippen LogP contribution is -2.48. The molecule has 44 heavy (non-hydrogen) atoms. The Morgan fingerprint density at radius 1 is 0.909 bits per heavy atom. The molecule has 0 fully saturated rings. The molecule has 2 aliphatic rings. The normalized spacial score (nSPS) is 16.5. The predicted octanol–water partition coefficient (Wildman–Crippen LogP) is 7.58. The van der Waals surface area contributed by atoms with Crippen LogP contribution in [0.25, 0.3) is 0 Å². The van der Waals surface area contributed by atoms with Crippen molar-refractivity contribution in [3.8, 4) is 11.5 Å². The average Bonchev–Trinajstić information content (AvgIpc) is 3.62. The molecule has 0 saturated heterocycles. The number of carbonyl (C=O) groups is 2. The molecule has 1 unspecified atom stereocenters. The summed E-state index contributed by atoms with van der Waals surface area (Å²) in [6, 6.07) is 29.0. The van der Waals surface area contributed by atoms with E-state index >= 15 is 0 Å². The van der Waals surface area contributed by atoms with E-state index in [1.807, 2.05) is 112 Å². The summed E-state index contributed by atoms with van der Waals surface area (Å²) in [5, 5.41) is 3.48. The Bertz CT molecular complexity index is 1900. The summed E-state index contributed by atoms with van der Waals surface area (Å²) >= 11 is 0. The van der Waals surface area contributed by atoms with Gasteiger partial charge in [0.15, 0.2) is 0 Å². The molecule has 2 aliphatic heterocycles. The molecule has 2 amide bonds. The molecule has 1 aromatic heterocycles. The molecule has 5 aromatic rings. The summed E-state index contributed by atoms with van der Waals surface area (Å²) in [4.78, 5) is 38.1.